The molecule has 0 saturated heterocycles. The number of hydrogen-bond donors (Lipinski definition) is 4. The van der Waals surface area contributed by atoms with Crippen LogP contribution in [0.5, 0.6) is 0 Å². The lowest BCUT2D eigenvalue weighted by Gasteiger charge is -2.25. The highest BCUT2D eigenvalue weighted by Crippen LogP contribution is 2.07. The van der Waals surface area contributed by atoms with E-state index in [0.717, 1.165) is 0 Å². The van der Waals surface area contributed by atoms with Gasteiger partial charge in [0.1, 0.15) is 0 Å². The van der Waals surface area contributed by atoms with Gasteiger partial charge < -0.3 is 21.3 Å². The number of hydrogen-bond acceptors (Lipinski definition) is 4. The molecule has 1 amide bonds. The fourth-order valence-corrected chi connectivity index (χ4v) is 1.16. The summed E-state index contributed by atoms with van der Waals surface area (Å²) in [6.45, 7) is 4.60. The fourth-order valence-electron chi connectivity index (χ4n) is 1.16. The van der Waals surface area contributed by atoms with Gasteiger partial charge in [0, 0.05) is 0 Å². The Morgan fingerprint density at radius 3 is 2.06 bits per heavy atom. The second-order valence-corrected chi connectivity index (χ2v) is 4.28. The summed E-state index contributed by atoms with van der Waals surface area (Å²) in [7, 11) is 0. The molecule has 4 atom stereocenters. The van der Waals surface area contributed by atoms with Crippen LogP contribution in [0.2, 0.25) is 0 Å². The Morgan fingerprint density at radius 1 is 1.29 bits per heavy atom. The lowest BCUT2D eigenvalue weighted by atomic mass is 10.0. The molecule has 5 N–H and O–H groups in total. The number of nitrogens with one attached hydrogen (secondary N) is 1. The van der Waals surface area contributed by atoms with Crippen molar-refractivity contribution in [1.82, 2.24) is 5.32 Å². The molecule has 0 rings (SSSR count). The van der Waals surface area contributed by atoms with Gasteiger partial charge in [0.15, 0.2) is 0 Å². The first-order valence-corrected chi connectivity index (χ1v) is 5.29. The van der Waals surface area contributed by atoms with Crippen molar-refractivity contribution >= 4 is 11.9 Å². The molecule has 0 aromatic carbocycles. The molecule has 0 saturated carbocycles. The van der Waals surface area contributed by atoms with Crippen molar-refractivity contribution in [1.29, 1.82) is 0 Å². The summed E-state index contributed by atoms with van der Waals surface area (Å²) in [6, 6.07) is -2.39. The number of carboxylic acids is 1. The molecule has 0 spiro atoms. The van der Waals surface area contributed by atoms with Crippen LogP contribution in [0.25, 0.3) is 0 Å². The van der Waals surface area contributed by atoms with E-state index in [1.165, 1.54) is 6.92 Å². The van der Waals surface area contributed by atoms with Crippen LogP contribution in [-0.2, 0) is 9.59 Å². The highest BCUT2D eigenvalue weighted by atomic mass is 19.1. The maximum atomic E-state index is 13.3. The zero-order valence-electron chi connectivity index (χ0n) is 10.1. The molecule has 0 radical (unpaired) electrons. The Hall–Kier alpha value is -1.21. The SMILES string of the molecule is CC(O)C(NC(=O)[C@@H](N)C(C)C)C(F)C(=O)O. The van der Waals surface area contributed by atoms with E-state index < -0.39 is 36.2 Å². The minimum Gasteiger partial charge on any atom is -0.479 e. The van der Waals surface area contributed by atoms with Crippen LogP contribution in [0.15, 0.2) is 0 Å². The minimum atomic E-state index is -2.38. The molecular formula is C10H19FN2O4. The van der Waals surface area contributed by atoms with Crippen LogP contribution in [-0.4, -0.2) is 46.4 Å². The zero-order valence-corrected chi connectivity index (χ0v) is 10.1. The highest BCUT2D eigenvalue weighted by molar-refractivity contribution is 5.83. The standard InChI is InChI=1S/C10H19FN2O4/c1-4(2)7(12)9(15)13-8(5(3)14)6(11)10(16)17/h4-8,14H,12H2,1-3H3,(H,13,15)(H,16,17)/t5?,6?,7-,8?/m0/s1. The number of aliphatic hydroxyl groups excluding tert-OH is 1. The molecule has 100 valence electrons. The Kier molecular flexibility index (Phi) is 6.04. The van der Waals surface area contributed by atoms with E-state index in [2.05, 4.69) is 5.32 Å². The van der Waals surface area contributed by atoms with Crippen molar-refractivity contribution in [2.45, 2.75) is 45.1 Å². The summed E-state index contributed by atoms with van der Waals surface area (Å²) in [5, 5.41) is 19.8. The number of alkyl halides is 1. The average molecular weight is 250 g/mol. The first kappa shape index (κ1) is 15.8. The predicted octanol–water partition coefficient (Wildman–Crippen LogP) is -0.742. The van der Waals surface area contributed by atoms with Gasteiger partial charge in [-0.2, -0.15) is 0 Å². The summed E-state index contributed by atoms with van der Waals surface area (Å²) in [5.74, 6) is -2.60. The molecule has 0 aromatic rings. The number of carboxylic acid groups (broad SMARTS) is 1. The van der Waals surface area contributed by atoms with Crippen molar-refractivity contribution in [3.8, 4) is 0 Å². The molecule has 0 aliphatic heterocycles. The van der Waals surface area contributed by atoms with Crippen LogP contribution in [0.3, 0.4) is 0 Å². The highest BCUT2D eigenvalue weighted by Gasteiger charge is 2.34. The van der Waals surface area contributed by atoms with Crippen LogP contribution < -0.4 is 11.1 Å². The van der Waals surface area contributed by atoms with Crippen LogP contribution in [0.1, 0.15) is 20.8 Å². The Balaban J connectivity index is 4.67. The van der Waals surface area contributed by atoms with Crippen LogP contribution >= 0.6 is 0 Å². The second-order valence-electron chi connectivity index (χ2n) is 4.28. The van der Waals surface area contributed by atoms with E-state index in [1.54, 1.807) is 13.8 Å². The third kappa shape index (κ3) is 4.66. The van der Waals surface area contributed by atoms with Gasteiger partial charge in [-0.1, -0.05) is 13.8 Å². The zero-order chi connectivity index (χ0) is 13.7. The summed E-state index contributed by atoms with van der Waals surface area (Å²) in [5.41, 5.74) is 5.52. The maximum Gasteiger partial charge on any atom is 0.340 e. The number of carbonyl (C=O) groups is 2. The smallest absolute Gasteiger partial charge is 0.340 e. The second kappa shape index (κ2) is 6.51. The summed E-state index contributed by atoms with van der Waals surface area (Å²) < 4.78 is 13.3. The van der Waals surface area contributed by atoms with E-state index in [0.29, 0.717) is 0 Å². The van der Waals surface area contributed by atoms with E-state index in [1.807, 2.05) is 0 Å². The molecule has 0 aromatic heterocycles. The van der Waals surface area contributed by atoms with Gasteiger partial charge in [-0.05, 0) is 12.8 Å². The number of rotatable bonds is 6. The topological polar surface area (TPSA) is 113 Å². The van der Waals surface area contributed by atoms with Gasteiger partial charge in [0.25, 0.3) is 0 Å². The summed E-state index contributed by atoms with van der Waals surface area (Å²) >= 11 is 0. The Morgan fingerprint density at radius 2 is 1.76 bits per heavy atom. The van der Waals surface area contributed by atoms with Crippen molar-refractivity contribution in [2.75, 3.05) is 0 Å². The van der Waals surface area contributed by atoms with Gasteiger partial charge in [-0.3, -0.25) is 4.79 Å². The van der Waals surface area contributed by atoms with E-state index in [4.69, 9.17) is 10.8 Å². The predicted molar refractivity (Wildman–Crippen MR) is 59.0 cm³/mol. The molecule has 0 heterocycles. The largest absolute Gasteiger partial charge is 0.479 e. The van der Waals surface area contributed by atoms with Gasteiger partial charge >= 0.3 is 5.97 Å². The number of amides is 1. The molecule has 6 nitrogen and oxygen atoms in total. The normalized spacial score (nSPS) is 18.3. The molecular weight excluding hydrogens is 231 g/mol. The Labute approximate surface area is 99.0 Å². The fraction of sp³-hybridized carbons (Fsp3) is 0.800. The van der Waals surface area contributed by atoms with Gasteiger partial charge in [0.05, 0.1) is 18.2 Å². The number of carbonyl (C=O) groups excluding carboxylic acids is 1. The quantitative estimate of drug-likeness (QED) is 0.496. The Bertz CT molecular complexity index is 283. The van der Waals surface area contributed by atoms with Crippen molar-refractivity contribution < 1.29 is 24.2 Å². The molecule has 7 heteroatoms. The summed E-state index contributed by atoms with van der Waals surface area (Å²) in [6.07, 6.45) is -3.71. The molecule has 0 aliphatic rings. The van der Waals surface area contributed by atoms with Crippen LogP contribution in [0.4, 0.5) is 4.39 Å². The molecule has 3 unspecified atom stereocenters. The van der Waals surface area contributed by atoms with E-state index >= 15 is 0 Å². The molecule has 17 heavy (non-hydrogen) atoms. The minimum absolute atomic E-state index is 0.174. The lowest BCUT2D eigenvalue weighted by molar-refractivity contribution is -0.145. The summed E-state index contributed by atoms with van der Waals surface area (Å²) in [4.78, 5) is 22.0. The molecule has 0 bridgehead atoms. The van der Waals surface area contributed by atoms with Crippen molar-refractivity contribution in [3.63, 3.8) is 0 Å². The molecule has 0 fully saturated rings. The monoisotopic (exact) mass is 250 g/mol. The first-order valence-electron chi connectivity index (χ1n) is 5.29. The van der Waals surface area contributed by atoms with Gasteiger partial charge in [-0.15, -0.1) is 0 Å². The van der Waals surface area contributed by atoms with Crippen molar-refractivity contribution in [3.05, 3.63) is 0 Å². The number of aliphatic hydroxyl groups is 1. The third-order valence-corrected chi connectivity index (χ3v) is 2.40. The molecule has 0 aliphatic carbocycles. The number of aliphatic carboxylic acids is 1. The average Bonchev–Trinajstić information content (AvgIpc) is 2.22. The number of halogens is 1. The third-order valence-electron chi connectivity index (χ3n) is 2.40. The van der Waals surface area contributed by atoms with Gasteiger partial charge in [0.2, 0.25) is 12.1 Å². The van der Waals surface area contributed by atoms with E-state index in [-0.39, 0.29) is 5.92 Å². The number of nitrogens with two attached hydrogens (primary N) is 1. The van der Waals surface area contributed by atoms with E-state index in [9.17, 15) is 19.1 Å². The first-order chi connectivity index (χ1) is 7.68. The van der Waals surface area contributed by atoms with Gasteiger partial charge in [-0.25, -0.2) is 9.18 Å². The van der Waals surface area contributed by atoms with Crippen molar-refractivity contribution in [2.24, 2.45) is 11.7 Å². The maximum absolute atomic E-state index is 13.3. The lowest BCUT2D eigenvalue weighted by Crippen LogP contribution is -2.55. The van der Waals surface area contributed by atoms with Crippen LogP contribution in [0, 0.1) is 5.92 Å².